The molecular formula is C21H34N2O. The first-order valence-electron chi connectivity index (χ1n) is 9.56. The van der Waals surface area contributed by atoms with Crippen LogP contribution in [0.3, 0.4) is 0 Å². The highest BCUT2D eigenvalue weighted by Crippen LogP contribution is 2.46. The summed E-state index contributed by atoms with van der Waals surface area (Å²) in [6.45, 7) is 11.6. The Labute approximate surface area is 147 Å². The van der Waals surface area contributed by atoms with Crippen LogP contribution in [0, 0.1) is 10.8 Å². The first-order valence-corrected chi connectivity index (χ1v) is 9.56. The molecule has 2 aliphatic rings. The Kier molecular flexibility index (Phi) is 5.33. The molecular weight excluding hydrogens is 296 g/mol. The van der Waals surface area contributed by atoms with Crippen molar-refractivity contribution in [2.75, 3.05) is 19.6 Å². The molecule has 2 N–H and O–H groups in total. The monoisotopic (exact) mass is 330 g/mol. The Morgan fingerprint density at radius 2 is 1.96 bits per heavy atom. The second-order valence-corrected chi connectivity index (χ2v) is 9.02. The molecule has 1 aliphatic carbocycles. The maximum absolute atomic E-state index is 9.77. The highest BCUT2D eigenvalue weighted by Gasteiger charge is 2.46. The fourth-order valence-electron chi connectivity index (χ4n) is 4.44. The Bertz CT molecular complexity index is 524. The normalized spacial score (nSPS) is 31.7. The average molecular weight is 331 g/mol. The summed E-state index contributed by atoms with van der Waals surface area (Å²) in [4.78, 5) is 2.62. The topological polar surface area (TPSA) is 35.5 Å². The summed E-state index contributed by atoms with van der Waals surface area (Å²) in [5, 5.41) is 13.6. The second kappa shape index (κ2) is 7.15. The minimum absolute atomic E-state index is 0.0914. The van der Waals surface area contributed by atoms with E-state index in [1.54, 1.807) is 0 Å². The van der Waals surface area contributed by atoms with Crippen molar-refractivity contribution in [2.45, 2.75) is 65.1 Å². The number of nitrogens with one attached hydrogen (secondary N) is 1. The summed E-state index contributed by atoms with van der Waals surface area (Å²) in [5.74, 6) is 0. The minimum Gasteiger partial charge on any atom is -0.393 e. The summed E-state index contributed by atoms with van der Waals surface area (Å²) in [5.41, 5.74) is 2.01. The molecule has 0 aromatic heterocycles. The van der Waals surface area contributed by atoms with Gasteiger partial charge in [-0.15, -0.1) is 0 Å². The Hall–Kier alpha value is -0.900. The number of nitrogens with zero attached hydrogens (tertiary/aromatic N) is 1. The summed E-state index contributed by atoms with van der Waals surface area (Å²) < 4.78 is 0. The average Bonchev–Trinajstić information content (AvgIpc) is 3.13. The third kappa shape index (κ3) is 4.01. The molecule has 1 saturated carbocycles. The van der Waals surface area contributed by atoms with Crippen molar-refractivity contribution in [2.24, 2.45) is 10.8 Å². The molecule has 24 heavy (non-hydrogen) atoms. The molecule has 0 bridgehead atoms. The van der Waals surface area contributed by atoms with E-state index in [0.29, 0.717) is 11.5 Å². The maximum Gasteiger partial charge on any atom is 0.0555 e. The van der Waals surface area contributed by atoms with Crippen LogP contribution in [0.5, 0.6) is 0 Å². The van der Waals surface area contributed by atoms with Crippen LogP contribution in [0.4, 0.5) is 0 Å². The fourth-order valence-corrected chi connectivity index (χ4v) is 4.44. The molecule has 3 heteroatoms. The molecule has 0 spiro atoms. The fraction of sp³-hybridized carbons (Fsp3) is 0.714. The van der Waals surface area contributed by atoms with Gasteiger partial charge in [0.2, 0.25) is 0 Å². The molecule has 1 aromatic carbocycles. The van der Waals surface area contributed by atoms with E-state index < -0.39 is 0 Å². The largest absolute Gasteiger partial charge is 0.393 e. The van der Waals surface area contributed by atoms with Crippen molar-refractivity contribution >= 4 is 0 Å². The molecule has 2 fully saturated rings. The molecule has 0 radical (unpaired) electrons. The van der Waals surface area contributed by atoms with Crippen molar-refractivity contribution in [1.29, 1.82) is 0 Å². The quantitative estimate of drug-likeness (QED) is 0.868. The van der Waals surface area contributed by atoms with E-state index in [4.69, 9.17) is 0 Å². The lowest BCUT2D eigenvalue weighted by Crippen LogP contribution is -2.48. The van der Waals surface area contributed by atoms with Gasteiger partial charge in [-0.3, -0.25) is 4.90 Å². The molecule has 134 valence electrons. The van der Waals surface area contributed by atoms with E-state index in [-0.39, 0.29) is 11.5 Å². The molecule has 1 unspecified atom stereocenters. The van der Waals surface area contributed by atoms with Gasteiger partial charge in [-0.25, -0.2) is 0 Å². The lowest BCUT2D eigenvalue weighted by Gasteiger charge is -2.43. The third-order valence-corrected chi connectivity index (χ3v) is 6.41. The molecule has 1 aromatic rings. The second-order valence-electron chi connectivity index (χ2n) is 9.02. The molecule has 3 atom stereocenters. The predicted molar refractivity (Wildman–Crippen MR) is 99.9 cm³/mol. The summed E-state index contributed by atoms with van der Waals surface area (Å²) >= 11 is 0. The van der Waals surface area contributed by atoms with Crippen LogP contribution in [-0.2, 0) is 6.54 Å². The Balaban J connectivity index is 1.62. The number of benzene rings is 1. The Morgan fingerprint density at radius 3 is 2.58 bits per heavy atom. The SMILES string of the molecule is CC(C)(C)C1(CN[C@@H]2CC[C@H](O)C2)CCN(Cc2ccccc2)C1. The van der Waals surface area contributed by atoms with Gasteiger partial charge in [-0.1, -0.05) is 51.1 Å². The summed E-state index contributed by atoms with van der Waals surface area (Å²) in [6, 6.07) is 11.3. The Morgan fingerprint density at radius 1 is 1.21 bits per heavy atom. The molecule has 3 nitrogen and oxygen atoms in total. The van der Waals surface area contributed by atoms with Crippen LogP contribution < -0.4 is 5.32 Å². The van der Waals surface area contributed by atoms with Gasteiger partial charge in [-0.05, 0) is 43.2 Å². The van der Waals surface area contributed by atoms with Crippen LogP contribution >= 0.6 is 0 Å². The standard InChI is InChI=1S/C21H34N2O/c1-20(2,3)21(15-22-18-9-10-19(24)13-18)11-12-23(16-21)14-17-7-5-4-6-8-17/h4-8,18-19,22,24H,9-16H2,1-3H3/t18-,19+,21?/m1/s1. The number of hydrogen-bond donors (Lipinski definition) is 2. The number of hydrogen-bond acceptors (Lipinski definition) is 3. The highest BCUT2D eigenvalue weighted by molar-refractivity contribution is 5.15. The van der Waals surface area contributed by atoms with Gasteiger partial charge >= 0.3 is 0 Å². The van der Waals surface area contributed by atoms with Gasteiger partial charge < -0.3 is 10.4 Å². The van der Waals surface area contributed by atoms with Crippen LogP contribution in [-0.4, -0.2) is 41.8 Å². The zero-order chi connectivity index (χ0) is 17.2. The van der Waals surface area contributed by atoms with E-state index >= 15 is 0 Å². The third-order valence-electron chi connectivity index (χ3n) is 6.41. The van der Waals surface area contributed by atoms with E-state index in [1.807, 2.05) is 0 Å². The van der Waals surface area contributed by atoms with Crippen molar-refractivity contribution in [3.8, 4) is 0 Å². The first kappa shape index (κ1) is 17.9. The van der Waals surface area contributed by atoms with Crippen LogP contribution in [0.15, 0.2) is 30.3 Å². The van der Waals surface area contributed by atoms with Gasteiger partial charge in [0.15, 0.2) is 0 Å². The van der Waals surface area contributed by atoms with Crippen molar-refractivity contribution < 1.29 is 5.11 Å². The lowest BCUT2D eigenvalue weighted by atomic mass is 9.65. The van der Waals surface area contributed by atoms with Gasteiger partial charge in [0.05, 0.1) is 6.10 Å². The summed E-state index contributed by atoms with van der Waals surface area (Å²) in [6.07, 6.45) is 4.17. The van der Waals surface area contributed by atoms with E-state index in [1.165, 1.54) is 18.5 Å². The molecule has 1 heterocycles. The highest BCUT2D eigenvalue weighted by atomic mass is 16.3. The zero-order valence-electron chi connectivity index (χ0n) is 15.6. The van der Waals surface area contributed by atoms with Crippen molar-refractivity contribution in [1.82, 2.24) is 10.2 Å². The zero-order valence-corrected chi connectivity index (χ0v) is 15.6. The van der Waals surface area contributed by atoms with Gasteiger partial charge in [0.1, 0.15) is 0 Å². The van der Waals surface area contributed by atoms with E-state index in [9.17, 15) is 5.11 Å². The van der Waals surface area contributed by atoms with Crippen molar-refractivity contribution in [3.05, 3.63) is 35.9 Å². The van der Waals surface area contributed by atoms with Crippen molar-refractivity contribution in [3.63, 3.8) is 0 Å². The van der Waals surface area contributed by atoms with Gasteiger partial charge in [-0.2, -0.15) is 0 Å². The number of likely N-dealkylation sites (tertiary alicyclic amines) is 1. The predicted octanol–water partition coefficient (Wildman–Crippen LogP) is 3.43. The molecule has 3 rings (SSSR count). The summed E-state index contributed by atoms with van der Waals surface area (Å²) in [7, 11) is 0. The number of rotatable bonds is 5. The lowest BCUT2D eigenvalue weighted by molar-refractivity contribution is 0.0854. The maximum atomic E-state index is 9.77. The molecule has 1 aliphatic heterocycles. The van der Waals surface area contributed by atoms with Crippen LogP contribution in [0.25, 0.3) is 0 Å². The minimum atomic E-state index is -0.0914. The smallest absolute Gasteiger partial charge is 0.0555 e. The van der Waals surface area contributed by atoms with E-state index in [0.717, 1.165) is 38.9 Å². The number of aliphatic hydroxyl groups is 1. The first-order chi connectivity index (χ1) is 11.4. The number of aliphatic hydroxyl groups excluding tert-OH is 1. The van der Waals surface area contributed by atoms with E-state index in [2.05, 4.69) is 61.3 Å². The van der Waals surface area contributed by atoms with Gasteiger partial charge in [0, 0.05) is 31.1 Å². The van der Waals surface area contributed by atoms with Gasteiger partial charge in [0.25, 0.3) is 0 Å². The van der Waals surface area contributed by atoms with Crippen LogP contribution in [0.1, 0.15) is 52.0 Å². The van der Waals surface area contributed by atoms with Crippen LogP contribution in [0.2, 0.25) is 0 Å². The molecule has 1 saturated heterocycles. The molecule has 0 amide bonds.